The summed E-state index contributed by atoms with van der Waals surface area (Å²) >= 11 is 9.11. The Morgan fingerprint density at radius 3 is 2.67 bits per heavy atom. The molecule has 0 saturated carbocycles. The van der Waals surface area contributed by atoms with Crippen molar-refractivity contribution < 1.29 is 0 Å². The molecule has 0 radical (unpaired) electrons. The Bertz CT molecular complexity index is 473. The summed E-state index contributed by atoms with van der Waals surface area (Å²) in [5.74, 6) is 0. The second kappa shape index (κ2) is 6.52. The lowest BCUT2D eigenvalue weighted by atomic mass is 10.0. The normalized spacial score (nSPS) is 14.4. The highest BCUT2D eigenvalue weighted by Crippen LogP contribution is 2.38. The molecule has 96 valence electrons. The number of aromatic nitrogens is 2. The Labute approximate surface area is 120 Å². The minimum atomic E-state index is 0.0834. The molecule has 1 aromatic heterocycles. The molecule has 0 fully saturated rings. The zero-order valence-corrected chi connectivity index (χ0v) is 12.3. The first-order valence-electron chi connectivity index (χ1n) is 5.64. The molecule has 1 heterocycles. The van der Waals surface area contributed by atoms with Crippen molar-refractivity contribution in [2.45, 2.75) is 29.0 Å². The van der Waals surface area contributed by atoms with Crippen molar-refractivity contribution in [1.29, 1.82) is 0 Å². The molecule has 0 saturated heterocycles. The third-order valence-corrected chi connectivity index (χ3v) is 5.10. The Morgan fingerprint density at radius 1 is 1.39 bits per heavy atom. The Morgan fingerprint density at radius 2 is 2.11 bits per heavy atom. The van der Waals surface area contributed by atoms with E-state index in [1.807, 2.05) is 24.3 Å². The number of nitrogens with zero attached hydrogens (tertiary/aromatic N) is 2. The smallest absolute Gasteiger partial charge is 0.174 e. The SMILES string of the molecule is CCC(N)C(Sc1nncs1)c1ccc(Cl)cc1. The molecule has 2 unspecified atom stereocenters. The zero-order valence-electron chi connectivity index (χ0n) is 9.91. The summed E-state index contributed by atoms with van der Waals surface area (Å²) in [5, 5.41) is 8.84. The summed E-state index contributed by atoms with van der Waals surface area (Å²) in [5.41, 5.74) is 9.12. The molecule has 0 bridgehead atoms. The van der Waals surface area contributed by atoms with Crippen molar-refractivity contribution in [2.24, 2.45) is 5.73 Å². The fourth-order valence-corrected chi connectivity index (χ4v) is 3.63. The van der Waals surface area contributed by atoms with Crippen molar-refractivity contribution in [2.75, 3.05) is 0 Å². The average Bonchev–Trinajstić information content (AvgIpc) is 2.89. The second-order valence-electron chi connectivity index (χ2n) is 3.87. The lowest BCUT2D eigenvalue weighted by Crippen LogP contribution is -2.25. The van der Waals surface area contributed by atoms with Crippen LogP contribution in [0.1, 0.15) is 24.2 Å². The summed E-state index contributed by atoms with van der Waals surface area (Å²) in [7, 11) is 0. The van der Waals surface area contributed by atoms with Crippen LogP contribution in [-0.4, -0.2) is 16.2 Å². The molecule has 0 amide bonds. The average molecular weight is 300 g/mol. The molecule has 2 atom stereocenters. The minimum Gasteiger partial charge on any atom is -0.326 e. The highest BCUT2D eigenvalue weighted by Gasteiger charge is 2.21. The topological polar surface area (TPSA) is 51.8 Å². The van der Waals surface area contributed by atoms with Gasteiger partial charge in [0.1, 0.15) is 5.51 Å². The van der Waals surface area contributed by atoms with E-state index in [1.165, 1.54) is 16.9 Å². The molecule has 3 nitrogen and oxygen atoms in total. The van der Waals surface area contributed by atoms with E-state index in [1.54, 1.807) is 17.3 Å². The van der Waals surface area contributed by atoms with Gasteiger partial charge in [0.25, 0.3) is 0 Å². The maximum atomic E-state index is 6.21. The lowest BCUT2D eigenvalue weighted by molar-refractivity contribution is 0.634. The molecule has 0 aliphatic heterocycles. The van der Waals surface area contributed by atoms with E-state index < -0.39 is 0 Å². The fourth-order valence-electron chi connectivity index (χ4n) is 1.59. The first-order valence-corrected chi connectivity index (χ1v) is 7.78. The summed E-state index contributed by atoms with van der Waals surface area (Å²) in [6.07, 6.45) is 0.916. The van der Waals surface area contributed by atoms with E-state index in [0.717, 1.165) is 15.8 Å². The number of hydrogen-bond donors (Lipinski definition) is 1. The number of thioether (sulfide) groups is 1. The zero-order chi connectivity index (χ0) is 13.0. The fraction of sp³-hybridized carbons (Fsp3) is 0.333. The van der Waals surface area contributed by atoms with Crippen molar-refractivity contribution in [3.63, 3.8) is 0 Å². The van der Waals surface area contributed by atoms with Crippen molar-refractivity contribution in [3.8, 4) is 0 Å². The number of nitrogens with two attached hydrogens (primary N) is 1. The van der Waals surface area contributed by atoms with Gasteiger partial charge in [-0.1, -0.05) is 53.8 Å². The molecule has 6 heteroatoms. The highest BCUT2D eigenvalue weighted by atomic mass is 35.5. The van der Waals surface area contributed by atoms with Gasteiger partial charge in [0.15, 0.2) is 4.34 Å². The lowest BCUT2D eigenvalue weighted by Gasteiger charge is -2.21. The van der Waals surface area contributed by atoms with E-state index >= 15 is 0 Å². The van der Waals surface area contributed by atoms with Crippen LogP contribution in [0.2, 0.25) is 5.02 Å². The van der Waals surface area contributed by atoms with Gasteiger partial charge in [-0.3, -0.25) is 0 Å². The molecule has 0 aliphatic rings. The van der Waals surface area contributed by atoms with Crippen LogP contribution in [0.25, 0.3) is 0 Å². The second-order valence-corrected chi connectivity index (χ2v) is 6.53. The van der Waals surface area contributed by atoms with Crippen LogP contribution in [0.3, 0.4) is 0 Å². The number of rotatable bonds is 5. The molecule has 1 aromatic carbocycles. The first-order chi connectivity index (χ1) is 8.70. The van der Waals surface area contributed by atoms with Gasteiger partial charge in [-0.25, -0.2) is 0 Å². The van der Waals surface area contributed by atoms with E-state index in [4.69, 9.17) is 17.3 Å². The Balaban J connectivity index is 2.22. The van der Waals surface area contributed by atoms with Crippen LogP contribution in [-0.2, 0) is 0 Å². The molecular weight excluding hydrogens is 286 g/mol. The van der Waals surface area contributed by atoms with E-state index in [9.17, 15) is 0 Å². The van der Waals surface area contributed by atoms with Crippen LogP contribution in [0, 0.1) is 0 Å². The first kappa shape index (κ1) is 13.8. The number of halogens is 1. The van der Waals surface area contributed by atoms with Crippen LogP contribution >= 0.6 is 34.7 Å². The van der Waals surface area contributed by atoms with Crippen LogP contribution in [0.4, 0.5) is 0 Å². The quantitative estimate of drug-likeness (QED) is 0.854. The van der Waals surface area contributed by atoms with Crippen molar-refractivity contribution >= 4 is 34.7 Å². The maximum absolute atomic E-state index is 6.21. The summed E-state index contributed by atoms with van der Waals surface area (Å²) < 4.78 is 0.943. The summed E-state index contributed by atoms with van der Waals surface area (Å²) in [6, 6.07) is 7.92. The van der Waals surface area contributed by atoms with Crippen molar-refractivity contribution in [1.82, 2.24) is 10.2 Å². The van der Waals surface area contributed by atoms with E-state index in [0.29, 0.717) is 0 Å². The molecule has 2 rings (SSSR count). The minimum absolute atomic E-state index is 0.0834. The predicted octanol–water partition coefficient (Wildman–Crippen LogP) is 3.76. The van der Waals surface area contributed by atoms with Gasteiger partial charge in [-0.05, 0) is 24.1 Å². The van der Waals surface area contributed by atoms with Gasteiger partial charge in [-0.2, -0.15) is 0 Å². The predicted molar refractivity (Wildman–Crippen MR) is 78.2 cm³/mol. The Hall–Kier alpha value is -0.620. The number of hydrogen-bond acceptors (Lipinski definition) is 5. The van der Waals surface area contributed by atoms with Gasteiger partial charge in [0, 0.05) is 11.1 Å². The Kier molecular flexibility index (Phi) is 5.00. The largest absolute Gasteiger partial charge is 0.326 e. The molecular formula is C12H14ClN3S2. The van der Waals surface area contributed by atoms with E-state index in [-0.39, 0.29) is 11.3 Å². The van der Waals surface area contributed by atoms with Gasteiger partial charge in [0.05, 0.1) is 5.25 Å². The van der Waals surface area contributed by atoms with Gasteiger partial charge < -0.3 is 5.73 Å². The standard InChI is InChI=1S/C12H14ClN3S2/c1-2-10(14)11(18-12-16-15-7-17-12)8-3-5-9(13)6-4-8/h3-7,10-11H,2,14H2,1H3. The number of benzene rings is 1. The van der Waals surface area contributed by atoms with Crippen LogP contribution in [0.15, 0.2) is 34.1 Å². The van der Waals surface area contributed by atoms with Crippen molar-refractivity contribution in [3.05, 3.63) is 40.4 Å². The molecule has 18 heavy (non-hydrogen) atoms. The third-order valence-electron chi connectivity index (χ3n) is 2.63. The summed E-state index contributed by atoms with van der Waals surface area (Å²) in [4.78, 5) is 0. The third kappa shape index (κ3) is 3.45. The molecule has 2 aromatic rings. The van der Waals surface area contributed by atoms with Gasteiger partial charge >= 0.3 is 0 Å². The van der Waals surface area contributed by atoms with Crippen LogP contribution < -0.4 is 5.73 Å². The molecule has 2 N–H and O–H groups in total. The summed E-state index contributed by atoms with van der Waals surface area (Å²) in [6.45, 7) is 2.09. The molecule has 0 aliphatic carbocycles. The highest BCUT2D eigenvalue weighted by molar-refractivity contribution is 8.01. The van der Waals surface area contributed by atoms with Gasteiger partial charge in [-0.15, -0.1) is 10.2 Å². The molecule has 0 spiro atoms. The van der Waals surface area contributed by atoms with Crippen LogP contribution in [0.5, 0.6) is 0 Å². The van der Waals surface area contributed by atoms with E-state index in [2.05, 4.69) is 17.1 Å². The van der Waals surface area contributed by atoms with Gasteiger partial charge in [0.2, 0.25) is 0 Å². The monoisotopic (exact) mass is 299 g/mol. The maximum Gasteiger partial charge on any atom is 0.174 e.